The van der Waals surface area contributed by atoms with Crippen LogP contribution in [0.15, 0.2) is 24.3 Å². The van der Waals surface area contributed by atoms with Gasteiger partial charge in [-0.3, -0.25) is 0 Å². The summed E-state index contributed by atoms with van der Waals surface area (Å²) < 4.78 is 37.6. The second kappa shape index (κ2) is 6.64. The lowest BCUT2D eigenvalue weighted by Gasteiger charge is -2.33. The van der Waals surface area contributed by atoms with Crippen molar-refractivity contribution in [2.75, 3.05) is 31.3 Å². The third-order valence-corrected chi connectivity index (χ3v) is 5.01. The molecule has 1 saturated heterocycles. The Balaban J connectivity index is 1.82. The Kier molecular flexibility index (Phi) is 5.08. The fourth-order valence-electron chi connectivity index (χ4n) is 2.18. The van der Waals surface area contributed by atoms with E-state index in [-0.39, 0.29) is 12.4 Å². The standard InChI is InChI=1S/C14H22N2O4S/c1-14(6-8-19-9-7-14)16-21(17,18)11-10-20-13-4-2-12(15)3-5-13/h2-5,16H,6-11,15H2,1H3. The summed E-state index contributed by atoms with van der Waals surface area (Å²) in [7, 11) is -3.37. The molecule has 3 N–H and O–H groups in total. The molecule has 7 heteroatoms. The van der Waals surface area contributed by atoms with Crippen LogP contribution in [0.4, 0.5) is 5.69 Å². The lowest BCUT2D eigenvalue weighted by molar-refractivity contribution is 0.0537. The van der Waals surface area contributed by atoms with Crippen LogP contribution in [0.25, 0.3) is 0 Å². The molecule has 0 bridgehead atoms. The summed E-state index contributed by atoms with van der Waals surface area (Å²) >= 11 is 0. The number of rotatable bonds is 6. The molecule has 1 fully saturated rings. The van der Waals surface area contributed by atoms with Crippen LogP contribution in [0.3, 0.4) is 0 Å². The summed E-state index contributed by atoms with van der Waals surface area (Å²) in [4.78, 5) is 0. The third-order valence-electron chi connectivity index (χ3n) is 3.50. The number of sulfonamides is 1. The number of nitrogens with one attached hydrogen (secondary N) is 1. The minimum Gasteiger partial charge on any atom is -0.492 e. The van der Waals surface area contributed by atoms with Crippen molar-refractivity contribution in [3.63, 3.8) is 0 Å². The molecule has 6 nitrogen and oxygen atoms in total. The molecule has 118 valence electrons. The van der Waals surface area contributed by atoms with Crippen LogP contribution in [0.5, 0.6) is 5.75 Å². The Hall–Kier alpha value is -1.31. The molecule has 1 heterocycles. The van der Waals surface area contributed by atoms with E-state index in [1.54, 1.807) is 24.3 Å². The van der Waals surface area contributed by atoms with Gasteiger partial charge in [0, 0.05) is 24.4 Å². The Labute approximate surface area is 125 Å². The monoisotopic (exact) mass is 314 g/mol. The number of ether oxygens (including phenoxy) is 2. The summed E-state index contributed by atoms with van der Waals surface area (Å²) in [5.74, 6) is 0.532. The molecule has 1 aliphatic heterocycles. The maximum absolute atomic E-state index is 12.1. The van der Waals surface area contributed by atoms with Gasteiger partial charge in [-0.05, 0) is 44.0 Å². The van der Waals surface area contributed by atoms with Crippen LogP contribution in [0, 0.1) is 0 Å². The van der Waals surface area contributed by atoms with E-state index in [0.717, 1.165) is 0 Å². The predicted molar refractivity (Wildman–Crippen MR) is 81.7 cm³/mol. The molecule has 0 aliphatic carbocycles. The molecule has 2 rings (SSSR count). The molecule has 0 saturated carbocycles. The van der Waals surface area contributed by atoms with Gasteiger partial charge in [0.05, 0.1) is 5.75 Å². The second-order valence-corrected chi connectivity index (χ2v) is 7.35. The van der Waals surface area contributed by atoms with E-state index in [4.69, 9.17) is 15.2 Å². The van der Waals surface area contributed by atoms with Gasteiger partial charge in [0.15, 0.2) is 0 Å². The van der Waals surface area contributed by atoms with Gasteiger partial charge in [0.25, 0.3) is 0 Å². The first kappa shape index (κ1) is 16.1. The number of hydrogen-bond acceptors (Lipinski definition) is 5. The molecule has 1 aromatic rings. The van der Waals surface area contributed by atoms with Crippen molar-refractivity contribution in [2.24, 2.45) is 0 Å². The normalized spacial score (nSPS) is 18.3. The number of anilines is 1. The van der Waals surface area contributed by atoms with Crippen molar-refractivity contribution < 1.29 is 17.9 Å². The highest BCUT2D eigenvalue weighted by Gasteiger charge is 2.31. The predicted octanol–water partition coefficient (Wildman–Crippen LogP) is 1.14. The van der Waals surface area contributed by atoms with Crippen LogP contribution in [-0.4, -0.2) is 39.5 Å². The Morgan fingerprint density at radius 2 is 1.90 bits per heavy atom. The van der Waals surface area contributed by atoms with E-state index < -0.39 is 15.6 Å². The van der Waals surface area contributed by atoms with E-state index in [1.807, 2.05) is 6.92 Å². The number of benzene rings is 1. The van der Waals surface area contributed by atoms with Crippen molar-refractivity contribution in [2.45, 2.75) is 25.3 Å². The van der Waals surface area contributed by atoms with Crippen LogP contribution in [0.1, 0.15) is 19.8 Å². The average molecular weight is 314 g/mol. The lowest BCUT2D eigenvalue weighted by Crippen LogP contribution is -2.50. The van der Waals surface area contributed by atoms with Gasteiger partial charge >= 0.3 is 0 Å². The van der Waals surface area contributed by atoms with Gasteiger partial charge in [0.1, 0.15) is 12.4 Å². The van der Waals surface area contributed by atoms with Crippen molar-refractivity contribution in [3.8, 4) is 5.75 Å². The van der Waals surface area contributed by atoms with E-state index in [9.17, 15) is 8.42 Å². The SMILES string of the molecule is CC1(NS(=O)(=O)CCOc2ccc(N)cc2)CCOCC1. The smallest absolute Gasteiger partial charge is 0.215 e. The molecule has 0 aromatic heterocycles. The summed E-state index contributed by atoms with van der Waals surface area (Å²) in [5.41, 5.74) is 5.80. The second-order valence-electron chi connectivity index (χ2n) is 5.51. The lowest BCUT2D eigenvalue weighted by atomic mass is 9.94. The van der Waals surface area contributed by atoms with E-state index in [0.29, 0.717) is 37.5 Å². The zero-order valence-corrected chi connectivity index (χ0v) is 13.0. The quantitative estimate of drug-likeness (QED) is 0.768. The zero-order valence-electron chi connectivity index (χ0n) is 12.2. The first-order valence-corrected chi connectivity index (χ1v) is 8.62. The van der Waals surface area contributed by atoms with Gasteiger partial charge < -0.3 is 15.2 Å². The largest absolute Gasteiger partial charge is 0.492 e. The van der Waals surface area contributed by atoms with Crippen LogP contribution in [-0.2, 0) is 14.8 Å². The molecule has 0 atom stereocenters. The molecular weight excluding hydrogens is 292 g/mol. The molecule has 0 spiro atoms. The van der Waals surface area contributed by atoms with Crippen molar-refractivity contribution >= 4 is 15.7 Å². The van der Waals surface area contributed by atoms with Gasteiger partial charge in [-0.15, -0.1) is 0 Å². The van der Waals surface area contributed by atoms with Crippen molar-refractivity contribution in [3.05, 3.63) is 24.3 Å². The van der Waals surface area contributed by atoms with E-state index in [2.05, 4.69) is 4.72 Å². The van der Waals surface area contributed by atoms with Crippen molar-refractivity contribution in [1.29, 1.82) is 0 Å². The fourth-order valence-corrected chi connectivity index (χ4v) is 3.54. The number of nitrogens with two attached hydrogens (primary N) is 1. The molecule has 0 radical (unpaired) electrons. The minimum absolute atomic E-state index is 0.0756. The zero-order chi connectivity index (χ0) is 15.3. The van der Waals surface area contributed by atoms with Crippen LogP contribution in [0.2, 0.25) is 0 Å². The molecule has 0 amide bonds. The van der Waals surface area contributed by atoms with Crippen molar-refractivity contribution in [1.82, 2.24) is 4.72 Å². The van der Waals surface area contributed by atoms with Crippen LogP contribution < -0.4 is 15.2 Å². The minimum atomic E-state index is -3.37. The van der Waals surface area contributed by atoms with Gasteiger partial charge in [0.2, 0.25) is 10.0 Å². The summed E-state index contributed by atoms with van der Waals surface area (Å²) in [5, 5.41) is 0. The van der Waals surface area contributed by atoms with Gasteiger partial charge in [-0.1, -0.05) is 0 Å². The van der Waals surface area contributed by atoms with Crippen LogP contribution >= 0.6 is 0 Å². The first-order chi connectivity index (χ1) is 9.89. The Morgan fingerprint density at radius 1 is 1.29 bits per heavy atom. The first-order valence-electron chi connectivity index (χ1n) is 6.96. The fraction of sp³-hybridized carbons (Fsp3) is 0.571. The maximum Gasteiger partial charge on any atom is 0.215 e. The highest BCUT2D eigenvalue weighted by molar-refractivity contribution is 7.89. The summed E-state index contributed by atoms with van der Waals surface area (Å²) in [6.07, 6.45) is 1.37. The van der Waals surface area contributed by atoms with Gasteiger partial charge in [-0.25, -0.2) is 13.1 Å². The molecule has 1 aliphatic rings. The van der Waals surface area contributed by atoms with E-state index >= 15 is 0 Å². The molecule has 21 heavy (non-hydrogen) atoms. The summed E-state index contributed by atoms with van der Waals surface area (Å²) in [6.45, 7) is 3.18. The topological polar surface area (TPSA) is 90.7 Å². The maximum atomic E-state index is 12.1. The van der Waals surface area contributed by atoms with E-state index in [1.165, 1.54) is 0 Å². The number of hydrogen-bond donors (Lipinski definition) is 2. The highest BCUT2D eigenvalue weighted by Crippen LogP contribution is 2.21. The Morgan fingerprint density at radius 3 is 2.52 bits per heavy atom. The average Bonchev–Trinajstić information content (AvgIpc) is 2.40. The molecular formula is C14H22N2O4S. The molecule has 1 aromatic carbocycles. The van der Waals surface area contributed by atoms with Gasteiger partial charge in [-0.2, -0.15) is 0 Å². The number of nitrogen functional groups attached to an aromatic ring is 1. The summed E-state index contributed by atoms with van der Waals surface area (Å²) in [6, 6.07) is 6.86. The third kappa shape index (κ3) is 5.18. The molecule has 0 unspecified atom stereocenters. The Bertz CT molecular complexity index is 551. The highest BCUT2D eigenvalue weighted by atomic mass is 32.2.